The van der Waals surface area contributed by atoms with Gasteiger partial charge in [-0.3, -0.25) is 0 Å². The molecule has 2 aliphatic rings. The third-order valence-corrected chi connectivity index (χ3v) is 3.80. The summed E-state index contributed by atoms with van der Waals surface area (Å²) in [4.78, 5) is 0. The minimum atomic E-state index is 1.04. The Morgan fingerprint density at radius 1 is 0.769 bits per heavy atom. The van der Waals surface area contributed by atoms with Crippen LogP contribution in [0.5, 0.6) is 0 Å². The van der Waals surface area contributed by atoms with Gasteiger partial charge in [-0.05, 0) is 30.6 Å². The van der Waals surface area contributed by atoms with Crippen molar-refractivity contribution in [3.63, 3.8) is 0 Å². The fraction of sp³-hybridized carbons (Fsp3) is 1.00. The van der Waals surface area contributed by atoms with Crippen molar-refractivity contribution in [1.29, 1.82) is 0 Å². The average molecular weight is 182 g/mol. The molecule has 0 N–H and O–H groups in total. The SMILES string of the molecule is CC.CC1CCC(C2CCCC2)C1. The molecule has 13 heavy (non-hydrogen) atoms. The molecule has 2 saturated carbocycles. The molecule has 0 heterocycles. The summed E-state index contributed by atoms with van der Waals surface area (Å²) in [6.45, 7) is 6.43. The summed E-state index contributed by atoms with van der Waals surface area (Å²) in [7, 11) is 0. The highest BCUT2D eigenvalue weighted by Gasteiger charge is 2.30. The fourth-order valence-corrected chi connectivity index (χ4v) is 3.11. The molecule has 2 atom stereocenters. The van der Waals surface area contributed by atoms with E-state index in [0.29, 0.717) is 0 Å². The Kier molecular flexibility index (Phi) is 4.83. The van der Waals surface area contributed by atoms with Crippen LogP contribution in [0, 0.1) is 17.8 Å². The Labute approximate surface area is 84.1 Å². The maximum atomic E-state index is 2.43. The molecule has 0 amide bonds. The molecule has 2 fully saturated rings. The van der Waals surface area contributed by atoms with Crippen molar-refractivity contribution in [3.05, 3.63) is 0 Å². The monoisotopic (exact) mass is 182 g/mol. The summed E-state index contributed by atoms with van der Waals surface area (Å²) in [5, 5.41) is 0. The molecule has 78 valence electrons. The maximum absolute atomic E-state index is 2.43. The van der Waals surface area contributed by atoms with E-state index in [1.165, 1.54) is 19.3 Å². The number of hydrogen-bond donors (Lipinski definition) is 0. The lowest BCUT2D eigenvalue weighted by Gasteiger charge is -2.16. The Morgan fingerprint density at radius 3 is 1.85 bits per heavy atom. The molecule has 0 heteroatoms. The second-order valence-corrected chi connectivity index (χ2v) is 4.72. The molecule has 2 rings (SSSR count). The molecule has 0 aromatic carbocycles. The molecule has 0 nitrogen and oxygen atoms in total. The van der Waals surface area contributed by atoms with Crippen LogP contribution in [0.2, 0.25) is 0 Å². The minimum absolute atomic E-state index is 1.04. The van der Waals surface area contributed by atoms with E-state index in [-0.39, 0.29) is 0 Å². The predicted molar refractivity (Wildman–Crippen MR) is 59.8 cm³/mol. The largest absolute Gasteiger partial charge is 0.0683 e. The molecular formula is C13H26. The normalized spacial score (nSPS) is 34.4. The summed E-state index contributed by atoms with van der Waals surface area (Å²) in [6, 6.07) is 0. The van der Waals surface area contributed by atoms with E-state index >= 15 is 0 Å². The van der Waals surface area contributed by atoms with Crippen LogP contribution in [-0.2, 0) is 0 Å². The predicted octanol–water partition coefficient (Wildman–Crippen LogP) is 4.64. The number of hydrogen-bond acceptors (Lipinski definition) is 0. The van der Waals surface area contributed by atoms with Crippen LogP contribution < -0.4 is 0 Å². The van der Waals surface area contributed by atoms with Crippen LogP contribution in [0.25, 0.3) is 0 Å². The lowest BCUT2D eigenvalue weighted by atomic mass is 9.89. The molecule has 0 aliphatic heterocycles. The highest BCUT2D eigenvalue weighted by Crippen LogP contribution is 2.42. The van der Waals surface area contributed by atoms with Gasteiger partial charge in [-0.25, -0.2) is 0 Å². The van der Waals surface area contributed by atoms with Crippen molar-refractivity contribution < 1.29 is 0 Å². The van der Waals surface area contributed by atoms with Crippen LogP contribution in [-0.4, -0.2) is 0 Å². The van der Waals surface area contributed by atoms with E-state index in [4.69, 9.17) is 0 Å². The van der Waals surface area contributed by atoms with Crippen molar-refractivity contribution in [3.8, 4) is 0 Å². The van der Waals surface area contributed by atoms with Crippen LogP contribution in [0.1, 0.15) is 65.7 Å². The maximum Gasteiger partial charge on any atom is -0.0383 e. The highest BCUT2D eigenvalue weighted by atomic mass is 14.4. The van der Waals surface area contributed by atoms with Crippen molar-refractivity contribution in [2.75, 3.05) is 0 Å². The van der Waals surface area contributed by atoms with E-state index in [9.17, 15) is 0 Å². The van der Waals surface area contributed by atoms with Crippen molar-refractivity contribution >= 4 is 0 Å². The molecule has 2 aliphatic carbocycles. The van der Waals surface area contributed by atoms with Gasteiger partial charge in [0.15, 0.2) is 0 Å². The fourth-order valence-electron chi connectivity index (χ4n) is 3.11. The average Bonchev–Trinajstić information content (AvgIpc) is 2.77. The van der Waals surface area contributed by atoms with Gasteiger partial charge in [0.1, 0.15) is 0 Å². The van der Waals surface area contributed by atoms with Crippen LogP contribution in [0.3, 0.4) is 0 Å². The molecule has 0 spiro atoms. The Hall–Kier alpha value is 0. The topological polar surface area (TPSA) is 0 Å². The Morgan fingerprint density at radius 2 is 1.38 bits per heavy atom. The van der Waals surface area contributed by atoms with Gasteiger partial charge in [0.25, 0.3) is 0 Å². The van der Waals surface area contributed by atoms with Crippen molar-refractivity contribution in [2.45, 2.75) is 65.7 Å². The van der Waals surface area contributed by atoms with Gasteiger partial charge in [-0.1, -0.05) is 52.9 Å². The van der Waals surface area contributed by atoms with E-state index < -0.39 is 0 Å². The van der Waals surface area contributed by atoms with Crippen molar-refractivity contribution in [2.24, 2.45) is 17.8 Å². The van der Waals surface area contributed by atoms with Gasteiger partial charge in [-0.2, -0.15) is 0 Å². The second-order valence-electron chi connectivity index (χ2n) is 4.72. The molecule has 0 aromatic rings. The van der Waals surface area contributed by atoms with E-state index in [2.05, 4.69) is 6.92 Å². The quantitative estimate of drug-likeness (QED) is 0.554. The van der Waals surface area contributed by atoms with E-state index in [1.807, 2.05) is 13.8 Å². The van der Waals surface area contributed by atoms with Crippen LogP contribution >= 0.6 is 0 Å². The molecule has 0 aromatic heterocycles. The lowest BCUT2D eigenvalue weighted by Crippen LogP contribution is -2.07. The smallest absolute Gasteiger partial charge is 0.0383 e. The minimum Gasteiger partial charge on any atom is -0.0683 e. The third kappa shape index (κ3) is 3.00. The zero-order chi connectivity index (χ0) is 9.68. The van der Waals surface area contributed by atoms with Crippen LogP contribution in [0.4, 0.5) is 0 Å². The van der Waals surface area contributed by atoms with Gasteiger partial charge in [0.2, 0.25) is 0 Å². The first kappa shape index (κ1) is 11.1. The molecule has 0 saturated heterocycles. The first-order valence-corrected chi connectivity index (χ1v) is 6.36. The van der Waals surface area contributed by atoms with Gasteiger partial charge in [0.05, 0.1) is 0 Å². The highest BCUT2D eigenvalue weighted by molar-refractivity contribution is 4.81. The summed E-state index contributed by atoms with van der Waals surface area (Å²) < 4.78 is 0. The van der Waals surface area contributed by atoms with Gasteiger partial charge >= 0.3 is 0 Å². The lowest BCUT2D eigenvalue weighted by molar-refractivity contribution is 0.338. The molecular weight excluding hydrogens is 156 g/mol. The number of rotatable bonds is 1. The van der Waals surface area contributed by atoms with Crippen molar-refractivity contribution in [1.82, 2.24) is 0 Å². The van der Waals surface area contributed by atoms with Gasteiger partial charge in [0, 0.05) is 0 Å². The van der Waals surface area contributed by atoms with E-state index in [0.717, 1.165) is 17.8 Å². The third-order valence-electron chi connectivity index (χ3n) is 3.80. The second kappa shape index (κ2) is 5.67. The summed E-state index contributed by atoms with van der Waals surface area (Å²) in [5.74, 6) is 3.31. The summed E-state index contributed by atoms with van der Waals surface area (Å²) >= 11 is 0. The first-order valence-electron chi connectivity index (χ1n) is 6.36. The zero-order valence-corrected chi connectivity index (χ0v) is 9.68. The zero-order valence-electron chi connectivity index (χ0n) is 9.68. The van der Waals surface area contributed by atoms with Crippen LogP contribution in [0.15, 0.2) is 0 Å². The van der Waals surface area contributed by atoms with E-state index in [1.54, 1.807) is 25.7 Å². The molecule has 0 bridgehead atoms. The van der Waals surface area contributed by atoms with Gasteiger partial charge in [-0.15, -0.1) is 0 Å². The molecule has 0 radical (unpaired) electrons. The molecule has 2 unspecified atom stereocenters. The Balaban J connectivity index is 0.000000396. The van der Waals surface area contributed by atoms with Gasteiger partial charge < -0.3 is 0 Å². The first-order chi connectivity index (χ1) is 6.36. The standard InChI is InChI=1S/C11H20.C2H6/c1-9-6-7-11(8-9)10-4-2-3-5-10;1-2/h9-11H,2-8H2,1H3;1-2H3. The summed E-state index contributed by atoms with van der Waals surface area (Å²) in [5.41, 5.74) is 0. The summed E-state index contributed by atoms with van der Waals surface area (Å²) in [6.07, 6.45) is 10.8. The Bertz CT molecular complexity index is 122.